The smallest absolute Gasteiger partial charge is 0.409 e. The maximum atomic E-state index is 15.5. The first-order valence-electron chi connectivity index (χ1n) is 13.3. The first kappa shape index (κ1) is 30.9. The maximum Gasteiger partial charge on any atom is 0.409 e. The molecule has 11 heteroatoms. The number of benzene rings is 2. The molecule has 0 fully saturated rings. The van der Waals surface area contributed by atoms with Crippen LogP contribution in [0, 0.1) is 24.0 Å². The number of nitrogens with zero attached hydrogens (tertiary/aromatic N) is 4. The average molecular weight is 598 g/mol. The summed E-state index contributed by atoms with van der Waals surface area (Å²) in [6, 6.07) is 11.1. The number of pyridine rings is 1. The number of carbonyl (C=O) groups is 2. The Morgan fingerprint density at radius 3 is 2.48 bits per heavy atom. The second-order valence-corrected chi connectivity index (χ2v) is 12.2. The molecule has 2 heterocycles. The van der Waals surface area contributed by atoms with Gasteiger partial charge in [0.05, 0.1) is 11.1 Å². The van der Waals surface area contributed by atoms with Crippen LogP contribution in [-0.2, 0) is 15.1 Å². The van der Waals surface area contributed by atoms with Gasteiger partial charge in [0.15, 0.2) is 11.5 Å². The summed E-state index contributed by atoms with van der Waals surface area (Å²) in [4.78, 5) is 38.2. The monoisotopic (exact) mass is 597 g/mol. The van der Waals surface area contributed by atoms with Gasteiger partial charge in [-0.1, -0.05) is 50.6 Å². The molecule has 1 aliphatic heterocycles. The van der Waals surface area contributed by atoms with Gasteiger partial charge in [0.1, 0.15) is 23.9 Å². The fraction of sp³-hybridized carbons (Fsp3) is 0.355. The van der Waals surface area contributed by atoms with Crippen LogP contribution in [0.25, 0.3) is 11.3 Å². The number of aliphatic imine (C=N–C) groups is 1. The van der Waals surface area contributed by atoms with E-state index in [0.717, 1.165) is 0 Å². The fourth-order valence-corrected chi connectivity index (χ4v) is 5.33. The molecular weight excluding hydrogens is 564 g/mol. The summed E-state index contributed by atoms with van der Waals surface area (Å²) < 4.78 is 35.8. The molecule has 0 saturated heterocycles. The van der Waals surface area contributed by atoms with Gasteiger partial charge in [-0.3, -0.25) is 14.7 Å². The number of hydrogen-bond acceptors (Lipinski definition) is 6. The number of amides is 2. The SMILES string of the molecule is Cc1ccc([C@@]2(CC(C)(C)C)N=C(N)N([C@H](COC(=O)N(C)C)c3ccc(Cl)c(-c4ncccc4F)c3)C2=O)c(F)c1. The van der Waals surface area contributed by atoms with E-state index in [0.29, 0.717) is 11.1 Å². The number of nitrogens with two attached hydrogens (primary N) is 1. The molecule has 0 saturated carbocycles. The van der Waals surface area contributed by atoms with Gasteiger partial charge in [-0.05, 0) is 60.2 Å². The van der Waals surface area contributed by atoms with E-state index < -0.39 is 40.6 Å². The number of halogens is 3. The van der Waals surface area contributed by atoms with Crippen molar-refractivity contribution in [2.75, 3.05) is 20.7 Å². The molecule has 0 radical (unpaired) electrons. The molecule has 0 bridgehead atoms. The van der Waals surface area contributed by atoms with Gasteiger partial charge in [-0.25, -0.2) is 18.6 Å². The number of rotatable bonds is 7. The molecule has 8 nitrogen and oxygen atoms in total. The van der Waals surface area contributed by atoms with E-state index in [2.05, 4.69) is 9.98 Å². The Kier molecular flexibility index (Phi) is 8.59. The van der Waals surface area contributed by atoms with Crippen LogP contribution in [0.4, 0.5) is 13.6 Å². The predicted octanol–water partition coefficient (Wildman–Crippen LogP) is 6.22. The molecule has 2 N–H and O–H groups in total. The number of aromatic nitrogens is 1. The summed E-state index contributed by atoms with van der Waals surface area (Å²) in [6.07, 6.45) is 0.923. The molecule has 42 heavy (non-hydrogen) atoms. The highest BCUT2D eigenvalue weighted by Crippen LogP contribution is 2.46. The van der Waals surface area contributed by atoms with Crippen molar-refractivity contribution >= 4 is 29.6 Å². The van der Waals surface area contributed by atoms with Crippen LogP contribution in [0.2, 0.25) is 5.02 Å². The van der Waals surface area contributed by atoms with Gasteiger partial charge < -0.3 is 15.4 Å². The Labute approximate surface area is 249 Å². The van der Waals surface area contributed by atoms with Crippen molar-refractivity contribution in [2.24, 2.45) is 16.1 Å². The summed E-state index contributed by atoms with van der Waals surface area (Å²) in [5.74, 6) is -1.93. The van der Waals surface area contributed by atoms with Crippen molar-refractivity contribution in [1.29, 1.82) is 0 Å². The van der Waals surface area contributed by atoms with Gasteiger partial charge in [0, 0.05) is 31.4 Å². The molecule has 0 spiro atoms. The Hall–Kier alpha value is -4.05. The van der Waals surface area contributed by atoms with Crippen LogP contribution < -0.4 is 5.73 Å². The Balaban J connectivity index is 1.88. The summed E-state index contributed by atoms with van der Waals surface area (Å²) in [5, 5.41) is 0.221. The highest BCUT2D eigenvalue weighted by molar-refractivity contribution is 6.33. The number of ether oxygens (including phenoxy) is 1. The van der Waals surface area contributed by atoms with Crippen LogP contribution in [0.15, 0.2) is 59.7 Å². The van der Waals surface area contributed by atoms with Crippen LogP contribution in [-0.4, -0.2) is 53.4 Å². The zero-order valence-electron chi connectivity index (χ0n) is 24.4. The molecule has 0 aliphatic carbocycles. The molecular formula is C31H34ClF2N5O3. The Morgan fingerprint density at radius 1 is 1.14 bits per heavy atom. The lowest BCUT2D eigenvalue weighted by atomic mass is 9.75. The van der Waals surface area contributed by atoms with Crippen molar-refractivity contribution in [3.63, 3.8) is 0 Å². The van der Waals surface area contributed by atoms with Gasteiger partial charge in [-0.2, -0.15) is 0 Å². The zero-order valence-corrected chi connectivity index (χ0v) is 25.2. The molecule has 2 amide bonds. The largest absolute Gasteiger partial charge is 0.447 e. The average Bonchev–Trinajstić information content (AvgIpc) is 3.13. The van der Waals surface area contributed by atoms with Crippen molar-refractivity contribution in [2.45, 2.75) is 45.7 Å². The molecule has 1 aromatic heterocycles. The van der Waals surface area contributed by atoms with E-state index in [1.807, 2.05) is 20.8 Å². The summed E-state index contributed by atoms with van der Waals surface area (Å²) in [7, 11) is 3.04. The van der Waals surface area contributed by atoms with Crippen molar-refractivity contribution in [1.82, 2.24) is 14.8 Å². The van der Waals surface area contributed by atoms with Crippen LogP contribution in [0.5, 0.6) is 0 Å². The standard InChI is InChI=1S/C31H34ClF2N5O3/c1-18-9-11-21(24(34)14-18)31(17-30(2,3)4)27(40)39(28(35)37-31)25(16-42-29(41)38(5)6)19-10-12-22(32)20(15-19)26-23(33)8-7-13-36-26/h7-15,25H,16-17H2,1-6H3,(H2,35,37)/t25-,31-/m1/s1. The topological polar surface area (TPSA) is 101 Å². The number of aryl methyl sites for hydroxylation is 1. The third-order valence-corrected chi connectivity index (χ3v) is 7.24. The highest BCUT2D eigenvalue weighted by Gasteiger charge is 2.54. The van der Waals surface area contributed by atoms with E-state index in [1.165, 1.54) is 54.4 Å². The third-order valence-electron chi connectivity index (χ3n) is 6.91. The van der Waals surface area contributed by atoms with E-state index in [-0.39, 0.29) is 40.8 Å². The minimum Gasteiger partial charge on any atom is -0.447 e. The molecule has 222 valence electrons. The lowest BCUT2D eigenvalue weighted by Crippen LogP contribution is -2.48. The minimum absolute atomic E-state index is 0.00609. The normalized spacial score (nSPS) is 17.7. The van der Waals surface area contributed by atoms with E-state index >= 15 is 4.39 Å². The summed E-state index contributed by atoms with van der Waals surface area (Å²) in [5.41, 5.74) is 5.81. The number of hydrogen-bond donors (Lipinski definition) is 1. The van der Waals surface area contributed by atoms with Crippen molar-refractivity contribution in [3.8, 4) is 11.3 Å². The number of guanidine groups is 1. The van der Waals surface area contributed by atoms with E-state index in [4.69, 9.17) is 22.1 Å². The van der Waals surface area contributed by atoms with E-state index in [9.17, 15) is 14.0 Å². The molecule has 0 unspecified atom stereocenters. The molecule has 2 atom stereocenters. The molecule has 1 aliphatic rings. The van der Waals surface area contributed by atoms with Gasteiger partial charge in [-0.15, -0.1) is 0 Å². The van der Waals surface area contributed by atoms with Gasteiger partial charge >= 0.3 is 6.09 Å². The van der Waals surface area contributed by atoms with Gasteiger partial charge in [0.25, 0.3) is 5.91 Å². The third kappa shape index (κ3) is 6.09. The van der Waals surface area contributed by atoms with Crippen LogP contribution in [0.1, 0.15) is 49.9 Å². The lowest BCUT2D eigenvalue weighted by Gasteiger charge is -2.35. The van der Waals surface area contributed by atoms with E-state index in [1.54, 1.807) is 31.2 Å². The van der Waals surface area contributed by atoms with Crippen molar-refractivity contribution < 1.29 is 23.1 Å². The first-order valence-corrected chi connectivity index (χ1v) is 13.7. The second-order valence-electron chi connectivity index (χ2n) is 11.8. The molecule has 4 rings (SSSR count). The lowest BCUT2D eigenvalue weighted by molar-refractivity contribution is -0.135. The highest BCUT2D eigenvalue weighted by atomic mass is 35.5. The minimum atomic E-state index is -1.67. The summed E-state index contributed by atoms with van der Waals surface area (Å²) in [6.45, 7) is 7.19. The molecule has 3 aromatic rings. The van der Waals surface area contributed by atoms with Crippen LogP contribution >= 0.6 is 11.6 Å². The Morgan fingerprint density at radius 2 is 1.86 bits per heavy atom. The van der Waals surface area contributed by atoms with Crippen molar-refractivity contribution in [3.05, 3.63) is 88.1 Å². The maximum absolute atomic E-state index is 15.5. The number of carbonyl (C=O) groups excluding carboxylic acids is 2. The predicted molar refractivity (Wildman–Crippen MR) is 158 cm³/mol. The zero-order chi connectivity index (χ0) is 31.0. The second kappa shape index (κ2) is 11.7. The quantitative estimate of drug-likeness (QED) is 0.349. The summed E-state index contributed by atoms with van der Waals surface area (Å²) >= 11 is 6.45. The fourth-order valence-electron chi connectivity index (χ4n) is 5.13. The Bertz CT molecular complexity index is 1560. The first-order chi connectivity index (χ1) is 19.6. The van der Waals surface area contributed by atoms with Crippen LogP contribution in [0.3, 0.4) is 0 Å². The van der Waals surface area contributed by atoms with Gasteiger partial charge in [0.2, 0.25) is 0 Å². The molecule has 2 aromatic carbocycles.